The summed E-state index contributed by atoms with van der Waals surface area (Å²) in [5.74, 6) is 1.46. The second kappa shape index (κ2) is 7.32. The molecule has 2 rings (SSSR count). The topological polar surface area (TPSA) is 49.7 Å². The van der Waals surface area contributed by atoms with Crippen LogP contribution < -0.4 is 4.74 Å². The van der Waals surface area contributed by atoms with Gasteiger partial charge in [0.05, 0.1) is 11.6 Å². The monoisotopic (exact) mass is 394 g/mol. The van der Waals surface area contributed by atoms with Crippen molar-refractivity contribution >= 4 is 15.9 Å². The lowest BCUT2D eigenvalue weighted by Crippen LogP contribution is -2.38. The standard InChI is InChI=1S/C20H27BrO3/c1-12-8-13(2)16(20(3,4)15(12)6-7-22)9-14-10-19(24-5)17(21)11-18(14)23/h8,10-11,15-16,22-23H,2,6-7,9H2,1,3-5H3. The Morgan fingerprint density at radius 1 is 1.29 bits per heavy atom. The molecule has 132 valence electrons. The molecule has 0 spiro atoms. The summed E-state index contributed by atoms with van der Waals surface area (Å²) in [6.07, 6.45) is 3.57. The van der Waals surface area contributed by atoms with Gasteiger partial charge in [0, 0.05) is 6.61 Å². The predicted molar refractivity (Wildman–Crippen MR) is 101 cm³/mol. The summed E-state index contributed by atoms with van der Waals surface area (Å²) in [7, 11) is 1.62. The van der Waals surface area contributed by atoms with E-state index in [4.69, 9.17) is 4.74 Å². The van der Waals surface area contributed by atoms with Crippen LogP contribution in [0.1, 0.15) is 32.8 Å². The zero-order chi connectivity index (χ0) is 18.1. The van der Waals surface area contributed by atoms with Crippen molar-refractivity contribution in [1.82, 2.24) is 0 Å². The average molecular weight is 395 g/mol. The van der Waals surface area contributed by atoms with Crippen LogP contribution in [0.3, 0.4) is 0 Å². The third-order valence-corrected chi connectivity index (χ3v) is 6.02. The second-order valence-corrected chi connectivity index (χ2v) is 8.08. The van der Waals surface area contributed by atoms with Crippen LogP contribution in [0, 0.1) is 17.3 Å². The maximum Gasteiger partial charge on any atom is 0.133 e. The van der Waals surface area contributed by atoms with Gasteiger partial charge in [-0.05, 0) is 70.6 Å². The molecule has 1 aliphatic rings. The molecule has 2 unspecified atom stereocenters. The Bertz CT molecular complexity index is 661. The van der Waals surface area contributed by atoms with Gasteiger partial charge in [-0.3, -0.25) is 0 Å². The van der Waals surface area contributed by atoms with Gasteiger partial charge in [0.25, 0.3) is 0 Å². The molecule has 1 aliphatic carbocycles. The molecule has 0 amide bonds. The van der Waals surface area contributed by atoms with Crippen LogP contribution in [0.2, 0.25) is 0 Å². The first-order chi connectivity index (χ1) is 11.2. The van der Waals surface area contributed by atoms with Crippen LogP contribution in [0.5, 0.6) is 11.5 Å². The van der Waals surface area contributed by atoms with E-state index >= 15 is 0 Å². The number of hydrogen-bond acceptors (Lipinski definition) is 3. The van der Waals surface area contributed by atoms with Crippen molar-refractivity contribution in [2.75, 3.05) is 13.7 Å². The Kier molecular flexibility index (Phi) is 5.82. The number of phenols is 1. The molecule has 2 N–H and O–H groups in total. The summed E-state index contributed by atoms with van der Waals surface area (Å²) in [5, 5.41) is 19.8. The van der Waals surface area contributed by atoms with E-state index in [1.54, 1.807) is 13.2 Å². The number of ether oxygens (including phenoxy) is 1. The van der Waals surface area contributed by atoms with E-state index in [-0.39, 0.29) is 23.7 Å². The highest BCUT2D eigenvalue weighted by atomic mass is 79.9. The molecule has 0 aliphatic heterocycles. The van der Waals surface area contributed by atoms with E-state index in [1.807, 2.05) is 6.07 Å². The van der Waals surface area contributed by atoms with Gasteiger partial charge >= 0.3 is 0 Å². The number of phenolic OH excluding ortho intramolecular Hbond substituents is 1. The molecule has 4 heteroatoms. The van der Waals surface area contributed by atoms with Gasteiger partial charge < -0.3 is 14.9 Å². The van der Waals surface area contributed by atoms with Crippen molar-refractivity contribution in [2.24, 2.45) is 17.3 Å². The number of aromatic hydroxyl groups is 1. The van der Waals surface area contributed by atoms with Crippen molar-refractivity contribution in [3.63, 3.8) is 0 Å². The summed E-state index contributed by atoms with van der Waals surface area (Å²) < 4.78 is 6.10. The van der Waals surface area contributed by atoms with Crippen molar-refractivity contribution in [2.45, 2.75) is 33.6 Å². The van der Waals surface area contributed by atoms with Crippen LogP contribution in [0.15, 0.2) is 40.4 Å². The van der Waals surface area contributed by atoms with Crippen molar-refractivity contribution < 1.29 is 14.9 Å². The number of rotatable bonds is 5. The minimum absolute atomic E-state index is 0.0502. The first kappa shape index (κ1) is 19.1. The van der Waals surface area contributed by atoms with Crippen molar-refractivity contribution in [3.05, 3.63) is 46.0 Å². The second-order valence-electron chi connectivity index (χ2n) is 7.22. The lowest BCUT2D eigenvalue weighted by Gasteiger charge is -2.46. The largest absolute Gasteiger partial charge is 0.508 e. The zero-order valence-electron chi connectivity index (χ0n) is 14.9. The van der Waals surface area contributed by atoms with Gasteiger partial charge in [-0.25, -0.2) is 0 Å². The van der Waals surface area contributed by atoms with E-state index in [9.17, 15) is 10.2 Å². The van der Waals surface area contributed by atoms with Crippen molar-refractivity contribution in [3.8, 4) is 11.5 Å². The number of allylic oxidation sites excluding steroid dienone is 3. The average Bonchev–Trinajstić information content (AvgIpc) is 2.49. The first-order valence-corrected chi connectivity index (χ1v) is 9.04. The third-order valence-electron chi connectivity index (χ3n) is 5.40. The van der Waals surface area contributed by atoms with E-state index < -0.39 is 0 Å². The van der Waals surface area contributed by atoms with Crippen molar-refractivity contribution in [1.29, 1.82) is 0 Å². The fourth-order valence-corrected chi connectivity index (χ4v) is 4.54. The fraction of sp³-hybridized carbons (Fsp3) is 0.500. The Balaban J connectivity index is 2.40. The third kappa shape index (κ3) is 3.55. The van der Waals surface area contributed by atoms with E-state index in [2.05, 4.69) is 49.4 Å². The highest BCUT2D eigenvalue weighted by Crippen LogP contribution is 2.50. The maximum absolute atomic E-state index is 10.3. The van der Waals surface area contributed by atoms with Gasteiger partial charge in [0.2, 0.25) is 0 Å². The molecule has 0 radical (unpaired) electrons. The van der Waals surface area contributed by atoms with Crippen LogP contribution in [0.25, 0.3) is 0 Å². The predicted octanol–water partition coefficient (Wildman–Crippen LogP) is 4.86. The molecular weight excluding hydrogens is 368 g/mol. The summed E-state index contributed by atoms with van der Waals surface area (Å²) in [5.41, 5.74) is 3.15. The minimum Gasteiger partial charge on any atom is -0.508 e. The van der Waals surface area contributed by atoms with Crippen LogP contribution >= 0.6 is 15.9 Å². The normalized spacial score (nSPS) is 23.1. The highest BCUT2D eigenvalue weighted by molar-refractivity contribution is 9.10. The summed E-state index contributed by atoms with van der Waals surface area (Å²) in [6, 6.07) is 3.56. The summed E-state index contributed by atoms with van der Waals surface area (Å²) in [6.45, 7) is 11.0. The number of hydrogen-bond donors (Lipinski definition) is 2. The Morgan fingerprint density at radius 3 is 2.54 bits per heavy atom. The fourth-order valence-electron chi connectivity index (χ4n) is 4.05. The molecule has 0 fully saturated rings. The minimum atomic E-state index is -0.0502. The number of aliphatic hydroxyl groups excluding tert-OH is 1. The molecular formula is C20H27BrO3. The number of benzene rings is 1. The molecule has 0 aromatic heterocycles. The van der Waals surface area contributed by atoms with Crippen LogP contribution in [0.4, 0.5) is 0 Å². The first-order valence-electron chi connectivity index (χ1n) is 8.25. The van der Waals surface area contributed by atoms with Gasteiger partial charge in [0.1, 0.15) is 11.5 Å². The highest BCUT2D eigenvalue weighted by Gasteiger charge is 2.41. The van der Waals surface area contributed by atoms with Crippen LogP contribution in [-0.2, 0) is 6.42 Å². The van der Waals surface area contributed by atoms with Gasteiger partial charge in [-0.15, -0.1) is 0 Å². The van der Waals surface area contributed by atoms with Gasteiger partial charge in [-0.2, -0.15) is 0 Å². The van der Waals surface area contributed by atoms with Gasteiger partial charge in [0.15, 0.2) is 0 Å². The lowest BCUT2D eigenvalue weighted by atomic mass is 9.59. The molecule has 0 saturated heterocycles. The molecule has 0 bridgehead atoms. The smallest absolute Gasteiger partial charge is 0.133 e. The summed E-state index contributed by atoms with van der Waals surface area (Å²) in [4.78, 5) is 0. The molecule has 2 atom stereocenters. The lowest BCUT2D eigenvalue weighted by molar-refractivity contribution is 0.124. The Morgan fingerprint density at radius 2 is 1.96 bits per heavy atom. The molecule has 1 aromatic carbocycles. The van der Waals surface area contributed by atoms with Gasteiger partial charge in [-0.1, -0.05) is 37.6 Å². The SMILES string of the molecule is C=C1C=C(C)C(CCO)C(C)(C)C1Cc1cc(OC)c(Br)cc1O. The maximum atomic E-state index is 10.3. The molecule has 3 nitrogen and oxygen atoms in total. The molecule has 1 aromatic rings. The number of aliphatic hydroxyl groups is 1. The Labute approximate surface area is 153 Å². The zero-order valence-corrected chi connectivity index (χ0v) is 16.5. The molecule has 0 saturated carbocycles. The molecule has 0 heterocycles. The quantitative estimate of drug-likeness (QED) is 0.749. The summed E-state index contributed by atoms with van der Waals surface area (Å²) >= 11 is 3.40. The molecule has 24 heavy (non-hydrogen) atoms. The Hall–Kier alpha value is -1.26. The number of halogens is 1. The van der Waals surface area contributed by atoms with E-state index in [0.717, 1.165) is 22.0 Å². The van der Waals surface area contributed by atoms with E-state index in [0.29, 0.717) is 18.1 Å². The van der Waals surface area contributed by atoms with Crippen LogP contribution in [-0.4, -0.2) is 23.9 Å². The number of methoxy groups -OCH3 is 1. The van der Waals surface area contributed by atoms with E-state index in [1.165, 1.54) is 5.57 Å².